The Morgan fingerprint density at radius 1 is 1.33 bits per heavy atom. The van der Waals surface area contributed by atoms with Crippen molar-refractivity contribution >= 4 is 11.6 Å². The first kappa shape index (κ1) is 16.6. The number of nitrogens with zero attached hydrogens (tertiary/aromatic N) is 1. The maximum atomic E-state index is 11.7. The molecule has 0 bridgehead atoms. The number of anilines is 1. The highest BCUT2D eigenvalue weighted by Crippen LogP contribution is 2.15. The Bertz CT molecular complexity index is 515. The van der Waals surface area contributed by atoms with Gasteiger partial charge in [-0.3, -0.25) is 4.79 Å². The van der Waals surface area contributed by atoms with Crippen molar-refractivity contribution in [2.75, 3.05) is 18.5 Å². The molecular formula is C16H21N3O2. The predicted molar refractivity (Wildman–Crippen MR) is 82.8 cm³/mol. The first-order valence-corrected chi connectivity index (χ1v) is 7.09. The Balaban J connectivity index is 2.59. The molecule has 0 atom stereocenters. The topological polar surface area (TPSA) is 74.2 Å². The van der Waals surface area contributed by atoms with Crippen LogP contribution in [0.1, 0.15) is 26.7 Å². The van der Waals surface area contributed by atoms with Crippen LogP contribution in [0.3, 0.4) is 0 Å². The monoisotopic (exact) mass is 287 g/mol. The summed E-state index contributed by atoms with van der Waals surface area (Å²) in [7, 11) is 0. The molecule has 0 unspecified atom stereocenters. The number of nitriles is 1. The van der Waals surface area contributed by atoms with Gasteiger partial charge in [-0.25, -0.2) is 0 Å². The van der Waals surface area contributed by atoms with Crippen LogP contribution in [0.5, 0.6) is 5.75 Å². The fraction of sp³-hybridized carbons (Fsp3) is 0.375. The minimum atomic E-state index is -0.357. The number of carbonyl (C=O) groups is 1. The molecule has 0 heterocycles. The SMILES string of the molecule is CCCCNC(=O)/C(C#N)=C\Nc1ccc(OCC)cc1. The highest BCUT2D eigenvalue weighted by Gasteiger charge is 2.07. The Hall–Kier alpha value is -2.48. The molecule has 0 saturated carbocycles. The van der Waals surface area contributed by atoms with Crippen molar-refractivity contribution in [2.24, 2.45) is 0 Å². The number of ether oxygens (including phenoxy) is 1. The average molecular weight is 287 g/mol. The number of rotatable bonds is 8. The van der Waals surface area contributed by atoms with Gasteiger partial charge in [0.1, 0.15) is 17.4 Å². The molecule has 5 heteroatoms. The van der Waals surface area contributed by atoms with Crippen LogP contribution in [0.25, 0.3) is 0 Å². The quantitative estimate of drug-likeness (QED) is 0.438. The molecule has 0 saturated heterocycles. The second-order valence-electron chi connectivity index (χ2n) is 4.38. The number of carbonyl (C=O) groups excluding carboxylic acids is 1. The molecule has 112 valence electrons. The van der Waals surface area contributed by atoms with E-state index in [0.29, 0.717) is 13.2 Å². The van der Waals surface area contributed by atoms with Crippen LogP contribution >= 0.6 is 0 Å². The zero-order valence-electron chi connectivity index (χ0n) is 12.5. The van der Waals surface area contributed by atoms with E-state index in [1.807, 2.05) is 44.2 Å². The van der Waals surface area contributed by atoms with Crippen LogP contribution in [0.2, 0.25) is 0 Å². The zero-order chi connectivity index (χ0) is 15.5. The average Bonchev–Trinajstić information content (AvgIpc) is 2.50. The van der Waals surface area contributed by atoms with Crippen molar-refractivity contribution in [1.82, 2.24) is 5.32 Å². The van der Waals surface area contributed by atoms with Gasteiger partial charge in [0.25, 0.3) is 5.91 Å². The Kier molecular flexibility index (Phi) is 7.44. The Labute approximate surface area is 125 Å². The summed E-state index contributed by atoms with van der Waals surface area (Å²) >= 11 is 0. The highest BCUT2D eigenvalue weighted by molar-refractivity contribution is 5.97. The molecule has 0 fully saturated rings. The van der Waals surface area contributed by atoms with Crippen molar-refractivity contribution in [3.05, 3.63) is 36.0 Å². The van der Waals surface area contributed by atoms with Gasteiger partial charge in [0.05, 0.1) is 6.61 Å². The van der Waals surface area contributed by atoms with Crippen molar-refractivity contribution in [1.29, 1.82) is 5.26 Å². The van der Waals surface area contributed by atoms with Crippen LogP contribution in [0, 0.1) is 11.3 Å². The van der Waals surface area contributed by atoms with Crippen molar-refractivity contribution in [3.63, 3.8) is 0 Å². The van der Waals surface area contributed by atoms with E-state index in [-0.39, 0.29) is 11.5 Å². The van der Waals surface area contributed by atoms with E-state index in [4.69, 9.17) is 10.00 Å². The number of benzene rings is 1. The van der Waals surface area contributed by atoms with Gasteiger partial charge >= 0.3 is 0 Å². The molecule has 0 aliphatic heterocycles. The van der Waals surface area contributed by atoms with Crippen LogP contribution in [0.15, 0.2) is 36.0 Å². The summed E-state index contributed by atoms with van der Waals surface area (Å²) in [6, 6.07) is 9.20. The summed E-state index contributed by atoms with van der Waals surface area (Å²) in [5.74, 6) is 0.425. The molecule has 0 aliphatic rings. The van der Waals surface area contributed by atoms with Gasteiger partial charge in [0.2, 0.25) is 0 Å². The van der Waals surface area contributed by atoms with Gasteiger partial charge in [-0.1, -0.05) is 13.3 Å². The summed E-state index contributed by atoms with van der Waals surface area (Å²) in [5.41, 5.74) is 0.840. The predicted octanol–water partition coefficient (Wildman–Crippen LogP) is 2.82. The first-order valence-electron chi connectivity index (χ1n) is 7.09. The van der Waals surface area contributed by atoms with Crippen LogP contribution < -0.4 is 15.4 Å². The van der Waals surface area contributed by atoms with E-state index in [1.54, 1.807) is 0 Å². The minimum absolute atomic E-state index is 0.0555. The maximum absolute atomic E-state index is 11.7. The Morgan fingerprint density at radius 2 is 2.05 bits per heavy atom. The fourth-order valence-corrected chi connectivity index (χ4v) is 1.59. The summed E-state index contributed by atoms with van der Waals surface area (Å²) in [5, 5.41) is 14.6. The third-order valence-electron chi connectivity index (χ3n) is 2.73. The summed E-state index contributed by atoms with van der Waals surface area (Å²) in [6.45, 7) is 5.16. The largest absolute Gasteiger partial charge is 0.494 e. The van der Waals surface area contributed by atoms with Crippen molar-refractivity contribution in [3.8, 4) is 11.8 Å². The smallest absolute Gasteiger partial charge is 0.263 e. The fourth-order valence-electron chi connectivity index (χ4n) is 1.59. The van der Waals surface area contributed by atoms with Crippen LogP contribution in [-0.4, -0.2) is 19.1 Å². The van der Waals surface area contributed by atoms with Gasteiger partial charge in [-0.15, -0.1) is 0 Å². The molecule has 0 aliphatic carbocycles. The summed E-state index contributed by atoms with van der Waals surface area (Å²) in [6.07, 6.45) is 3.31. The maximum Gasteiger partial charge on any atom is 0.263 e. The molecular weight excluding hydrogens is 266 g/mol. The lowest BCUT2D eigenvalue weighted by Crippen LogP contribution is -2.25. The van der Waals surface area contributed by atoms with E-state index in [2.05, 4.69) is 10.6 Å². The van der Waals surface area contributed by atoms with Crippen molar-refractivity contribution in [2.45, 2.75) is 26.7 Å². The molecule has 1 aromatic carbocycles. The molecule has 0 spiro atoms. The van der Waals surface area contributed by atoms with Gasteiger partial charge in [0, 0.05) is 18.4 Å². The molecule has 5 nitrogen and oxygen atoms in total. The lowest BCUT2D eigenvalue weighted by molar-refractivity contribution is -0.117. The van der Waals surface area contributed by atoms with E-state index in [0.717, 1.165) is 24.3 Å². The molecule has 21 heavy (non-hydrogen) atoms. The Morgan fingerprint density at radius 3 is 2.62 bits per heavy atom. The second kappa shape index (κ2) is 9.43. The third kappa shape index (κ3) is 6.00. The van der Waals surface area contributed by atoms with E-state index >= 15 is 0 Å². The number of amides is 1. The standard InChI is InChI=1S/C16H21N3O2/c1-3-5-10-18-16(20)13(11-17)12-19-14-6-8-15(9-7-14)21-4-2/h6-9,12,19H,3-5,10H2,1-2H3,(H,18,20)/b13-12-. The third-order valence-corrected chi connectivity index (χ3v) is 2.73. The lowest BCUT2D eigenvalue weighted by Gasteiger charge is -2.06. The zero-order valence-corrected chi connectivity index (χ0v) is 12.5. The number of unbranched alkanes of at least 4 members (excludes halogenated alkanes) is 1. The first-order chi connectivity index (χ1) is 10.2. The van der Waals surface area contributed by atoms with Gasteiger partial charge in [-0.05, 0) is 37.6 Å². The molecule has 0 aromatic heterocycles. The number of hydrogen-bond acceptors (Lipinski definition) is 4. The number of hydrogen-bond donors (Lipinski definition) is 2. The lowest BCUT2D eigenvalue weighted by atomic mass is 10.2. The van der Waals surface area contributed by atoms with Crippen molar-refractivity contribution < 1.29 is 9.53 Å². The normalized spacial score (nSPS) is 10.6. The molecule has 0 radical (unpaired) electrons. The van der Waals surface area contributed by atoms with Crippen LogP contribution in [0.4, 0.5) is 5.69 Å². The molecule has 1 rings (SSSR count). The van der Waals surface area contributed by atoms with Gasteiger partial charge in [0.15, 0.2) is 0 Å². The van der Waals surface area contributed by atoms with E-state index in [1.165, 1.54) is 6.20 Å². The molecule has 2 N–H and O–H groups in total. The van der Waals surface area contributed by atoms with Crippen LogP contribution in [-0.2, 0) is 4.79 Å². The van der Waals surface area contributed by atoms with Gasteiger partial charge < -0.3 is 15.4 Å². The second-order valence-corrected chi connectivity index (χ2v) is 4.38. The summed E-state index contributed by atoms with van der Waals surface area (Å²) < 4.78 is 5.34. The number of nitrogens with one attached hydrogen (secondary N) is 2. The van der Waals surface area contributed by atoms with Gasteiger partial charge in [-0.2, -0.15) is 5.26 Å². The van der Waals surface area contributed by atoms with E-state index in [9.17, 15) is 4.79 Å². The summed E-state index contributed by atoms with van der Waals surface area (Å²) in [4.78, 5) is 11.7. The minimum Gasteiger partial charge on any atom is -0.494 e. The molecule has 1 aromatic rings. The highest BCUT2D eigenvalue weighted by atomic mass is 16.5. The molecule has 1 amide bonds. The van der Waals surface area contributed by atoms with E-state index < -0.39 is 0 Å².